The molecule has 2 aromatic rings. The van der Waals surface area contributed by atoms with Crippen LogP contribution in [0.4, 0.5) is 5.69 Å². The quantitative estimate of drug-likeness (QED) is 0.674. The molecule has 0 aromatic carbocycles. The minimum atomic E-state index is -1.15. The van der Waals surface area contributed by atoms with Gasteiger partial charge in [0.1, 0.15) is 5.69 Å². The first-order chi connectivity index (χ1) is 9.08. The SMILES string of the molecule is O=C(O)c1cc(Sc2ncccc2[N+](=O)[O-])ccn1. The summed E-state index contributed by atoms with van der Waals surface area (Å²) in [7, 11) is 0. The summed E-state index contributed by atoms with van der Waals surface area (Å²) in [5.74, 6) is -1.15. The highest BCUT2D eigenvalue weighted by Crippen LogP contribution is 2.32. The Kier molecular flexibility index (Phi) is 3.71. The summed E-state index contributed by atoms with van der Waals surface area (Å²) < 4.78 is 0. The van der Waals surface area contributed by atoms with E-state index in [0.717, 1.165) is 11.8 Å². The molecule has 0 atom stereocenters. The number of hydrogen-bond donors (Lipinski definition) is 1. The lowest BCUT2D eigenvalue weighted by Crippen LogP contribution is -1.99. The van der Waals surface area contributed by atoms with Crippen LogP contribution in [-0.4, -0.2) is 26.0 Å². The van der Waals surface area contributed by atoms with Crippen LogP contribution in [0.5, 0.6) is 0 Å². The molecular formula is C11H7N3O4S. The number of nitro groups is 1. The fourth-order valence-corrected chi connectivity index (χ4v) is 2.19. The van der Waals surface area contributed by atoms with Gasteiger partial charge in [-0.05, 0) is 18.2 Å². The van der Waals surface area contributed by atoms with Gasteiger partial charge in [-0.1, -0.05) is 11.8 Å². The van der Waals surface area contributed by atoms with Crippen LogP contribution in [0.2, 0.25) is 0 Å². The largest absolute Gasteiger partial charge is 0.477 e. The number of carboxylic acids is 1. The fraction of sp³-hybridized carbons (Fsp3) is 0. The maximum absolute atomic E-state index is 10.8. The molecular weight excluding hydrogens is 270 g/mol. The number of aromatic carboxylic acids is 1. The van der Waals surface area contributed by atoms with Crippen LogP contribution in [-0.2, 0) is 0 Å². The highest BCUT2D eigenvalue weighted by molar-refractivity contribution is 7.99. The van der Waals surface area contributed by atoms with Gasteiger partial charge in [-0.2, -0.15) is 0 Å². The Morgan fingerprint density at radius 2 is 2.11 bits per heavy atom. The van der Waals surface area contributed by atoms with Crippen molar-refractivity contribution in [2.75, 3.05) is 0 Å². The van der Waals surface area contributed by atoms with Crippen LogP contribution in [0.15, 0.2) is 46.6 Å². The highest BCUT2D eigenvalue weighted by Gasteiger charge is 2.16. The first-order valence-electron chi connectivity index (χ1n) is 5.04. The summed E-state index contributed by atoms with van der Waals surface area (Å²) in [6.07, 6.45) is 2.77. The molecule has 2 heterocycles. The average molecular weight is 277 g/mol. The molecule has 2 aromatic heterocycles. The second-order valence-electron chi connectivity index (χ2n) is 3.37. The van der Waals surface area contributed by atoms with Gasteiger partial charge >= 0.3 is 11.7 Å². The lowest BCUT2D eigenvalue weighted by Gasteiger charge is -2.02. The third kappa shape index (κ3) is 3.05. The Hall–Kier alpha value is -2.48. The molecule has 19 heavy (non-hydrogen) atoms. The van der Waals surface area contributed by atoms with Crippen molar-refractivity contribution in [3.05, 3.63) is 52.5 Å². The van der Waals surface area contributed by atoms with Crippen molar-refractivity contribution in [3.63, 3.8) is 0 Å². The molecule has 8 heteroatoms. The van der Waals surface area contributed by atoms with Crippen molar-refractivity contribution in [2.45, 2.75) is 9.92 Å². The van der Waals surface area contributed by atoms with E-state index < -0.39 is 10.9 Å². The first-order valence-corrected chi connectivity index (χ1v) is 5.86. The van der Waals surface area contributed by atoms with Crippen LogP contribution in [0.1, 0.15) is 10.5 Å². The lowest BCUT2D eigenvalue weighted by molar-refractivity contribution is -0.388. The number of rotatable bonds is 4. The van der Waals surface area contributed by atoms with Gasteiger partial charge in [0.2, 0.25) is 0 Å². The number of pyridine rings is 2. The van der Waals surface area contributed by atoms with E-state index in [1.54, 1.807) is 6.07 Å². The molecule has 1 N–H and O–H groups in total. The van der Waals surface area contributed by atoms with E-state index in [0.29, 0.717) is 4.90 Å². The van der Waals surface area contributed by atoms with E-state index in [1.165, 1.54) is 30.6 Å². The molecule has 0 aliphatic carbocycles. The zero-order chi connectivity index (χ0) is 13.8. The Bertz CT molecular complexity index is 647. The van der Waals surface area contributed by atoms with Gasteiger partial charge in [0.15, 0.2) is 5.03 Å². The van der Waals surface area contributed by atoms with Gasteiger partial charge in [0.05, 0.1) is 4.92 Å². The predicted octanol–water partition coefficient (Wildman–Crippen LogP) is 2.23. The van der Waals surface area contributed by atoms with Crippen molar-refractivity contribution in [2.24, 2.45) is 0 Å². The summed E-state index contributed by atoms with van der Waals surface area (Å²) in [4.78, 5) is 29.2. The molecule has 0 bridgehead atoms. The molecule has 0 unspecified atom stereocenters. The van der Waals surface area contributed by atoms with Crippen LogP contribution in [0.25, 0.3) is 0 Å². The summed E-state index contributed by atoms with van der Waals surface area (Å²) in [6, 6.07) is 5.72. The van der Waals surface area contributed by atoms with Crippen LogP contribution >= 0.6 is 11.8 Å². The maximum atomic E-state index is 10.8. The zero-order valence-electron chi connectivity index (χ0n) is 9.39. The normalized spacial score (nSPS) is 10.1. The molecule has 0 radical (unpaired) electrons. The predicted molar refractivity (Wildman–Crippen MR) is 66.2 cm³/mol. The Morgan fingerprint density at radius 1 is 1.32 bits per heavy atom. The molecule has 2 rings (SSSR count). The van der Waals surface area contributed by atoms with Crippen molar-refractivity contribution in [3.8, 4) is 0 Å². The van der Waals surface area contributed by atoms with E-state index in [4.69, 9.17) is 5.11 Å². The minimum absolute atomic E-state index is 0.122. The van der Waals surface area contributed by atoms with Crippen LogP contribution in [0, 0.1) is 10.1 Å². The average Bonchev–Trinajstić information content (AvgIpc) is 2.39. The molecule has 7 nitrogen and oxygen atoms in total. The molecule has 0 saturated carbocycles. The minimum Gasteiger partial charge on any atom is -0.477 e. The monoisotopic (exact) mass is 277 g/mol. The van der Waals surface area contributed by atoms with E-state index >= 15 is 0 Å². The zero-order valence-corrected chi connectivity index (χ0v) is 10.2. The first kappa shape index (κ1) is 13.0. The standard InChI is InChI=1S/C11H7N3O4S/c15-11(16)8-6-7(3-5-12-8)19-10-9(14(17)18)2-1-4-13-10/h1-6H,(H,15,16). The van der Waals surface area contributed by atoms with Crippen molar-refractivity contribution in [1.29, 1.82) is 0 Å². The van der Waals surface area contributed by atoms with E-state index in [1.807, 2.05) is 0 Å². The topological polar surface area (TPSA) is 106 Å². The molecule has 0 amide bonds. The number of carbonyl (C=O) groups is 1. The third-order valence-electron chi connectivity index (χ3n) is 2.11. The van der Waals surface area contributed by atoms with Gasteiger partial charge in [-0.25, -0.2) is 14.8 Å². The Morgan fingerprint density at radius 3 is 2.79 bits per heavy atom. The third-order valence-corrected chi connectivity index (χ3v) is 3.11. The Labute approximate surface area is 111 Å². The molecule has 0 fully saturated rings. The smallest absolute Gasteiger partial charge is 0.354 e. The number of hydrogen-bond acceptors (Lipinski definition) is 6. The summed E-state index contributed by atoms with van der Waals surface area (Å²) >= 11 is 1.02. The van der Waals surface area contributed by atoms with Gasteiger partial charge in [0.25, 0.3) is 0 Å². The number of nitrogens with zero attached hydrogens (tertiary/aromatic N) is 3. The van der Waals surface area contributed by atoms with Gasteiger partial charge < -0.3 is 5.11 Å². The van der Waals surface area contributed by atoms with Gasteiger partial charge in [0, 0.05) is 23.4 Å². The second-order valence-corrected chi connectivity index (χ2v) is 4.43. The lowest BCUT2D eigenvalue weighted by atomic mass is 10.3. The van der Waals surface area contributed by atoms with Gasteiger partial charge in [-0.3, -0.25) is 10.1 Å². The van der Waals surface area contributed by atoms with Crippen molar-refractivity contribution >= 4 is 23.4 Å². The highest BCUT2D eigenvalue weighted by atomic mass is 32.2. The summed E-state index contributed by atoms with van der Waals surface area (Å²) in [5, 5.41) is 19.9. The molecule has 0 aliphatic heterocycles. The van der Waals surface area contributed by atoms with Crippen molar-refractivity contribution < 1.29 is 14.8 Å². The molecule has 0 aliphatic rings. The number of carboxylic acid groups (broad SMARTS) is 1. The van der Waals surface area contributed by atoms with Crippen LogP contribution < -0.4 is 0 Å². The fourth-order valence-electron chi connectivity index (χ4n) is 1.30. The van der Waals surface area contributed by atoms with E-state index in [2.05, 4.69) is 9.97 Å². The molecule has 0 spiro atoms. The molecule has 96 valence electrons. The summed E-state index contributed by atoms with van der Waals surface area (Å²) in [6.45, 7) is 0. The van der Waals surface area contributed by atoms with E-state index in [9.17, 15) is 14.9 Å². The molecule has 0 saturated heterocycles. The number of aromatic nitrogens is 2. The van der Waals surface area contributed by atoms with Crippen LogP contribution in [0.3, 0.4) is 0 Å². The van der Waals surface area contributed by atoms with Gasteiger partial charge in [-0.15, -0.1) is 0 Å². The second kappa shape index (κ2) is 5.44. The summed E-state index contributed by atoms with van der Waals surface area (Å²) in [5.41, 5.74) is -0.246. The van der Waals surface area contributed by atoms with E-state index in [-0.39, 0.29) is 16.4 Å². The Balaban J connectivity index is 2.34. The maximum Gasteiger partial charge on any atom is 0.354 e. The van der Waals surface area contributed by atoms with Crippen molar-refractivity contribution in [1.82, 2.24) is 9.97 Å².